The van der Waals surface area contributed by atoms with Gasteiger partial charge in [-0.1, -0.05) is 0 Å². The van der Waals surface area contributed by atoms with Gasteiger partial charge in [0.2, 0.25) is 11.8 Å². The molecule has 0 saturated heterocycles. The second kappa shape index (κ2) is 9.18. The number of amides is 2. The van der Waals surface area contributed by atoms with E-state index in [1.165, 1.54) is 39.5 Å². The molecule has 2 amide bonds. The van der Waals surface area contributed by atoms with Crippen molar-refractivity contribution in [2.24, 2.45) is 0 Å². The van der Waals surface area contributed by atoms with Crippen molar-refractivity contribution in [3.05, 3.63) is 42.1 Å². The van der Waals surface area contributed by atoms with Crippen molar-refractivity contribution in [1.82, 2.24) is 4.98 Å². The van der Waals surface area contributed by atoms with Crippen LogP contribution in [0, 0.1) is 0 Å². The van der Waals surface area contributed by atoms with Crippen molar-refractivity contribution in [2.45, 2.75) is 6.92 Å². The van der Waals surface area contributed by atoms with Gasteiger partial charge in [0, 0.05) is 18.8 Å². The summed E-state index contributed by atoms with van der Waals surface area (Å²) in [6.07, 6.45) is 1.47. The van der Waals surface area contributed by atoms with E-state index in [2.05, 4.69) is 15.6 Å². The van der Waals surface area contributed by atoms with Crippen LogP contribution in [0.1, 0.15) is 17.3 Å². The number of methoxy groups -OCH3 is 2. The molecule has 142 valence electrons. The van der Waals surface area contributed by atoms with E-state index in [9.17, 15) is 14.4 Å². The number of hydrogen-bond acceptors (Lipinski definition) is 7. The van der Waals surface area contributed by atoms with E-state index in [1.807, 2.05) is 0 Å². The minimum Gasteiger partial charge on any atom is -0.495 e. The SMILES string of the molecule is COc1ccc(NC(C)=O)cc1NC(=O)COC(=O)c1cccnc1OC. The lowest BCUT2D eigenvalue weighted by molar-refractivity contribution is -0.119. The van der Waals surface area contributed by atoms with Gasteiger partial charge in [-0.05, 0) is 30.3 Å². The van der Waals surface area contributed by atoms with Crippen LogP contribution in [0.4, 0.5) is 11.4 Å². The van der Waals surface area contributed by atoms with Gasteiger partial charge in [0.25, 0.3) is 5.91 Å². The van der Waals surface area contributed by atoms with Gasteiger partial charge in [-0.15, -0.1) is 0 Å². The van der Waals surface area contributed by atoms with Gasteiger partial charge in [-0.2, -0.15) is 0 Å². The van der Waals surface area contributed by atoms with Crippen molar-refractivity contribution < 1.29 is 28.6 Å². The Kier molecular flexibility index (Phi) is 6.70. The van der Waals surface area contributed by atoms with E-state index in [1.54, 1.807) is 18.2 Å². The number of rotatable bonds is 7. The summed E-state index contributed by atoms with van der Waals surface area (Å²) in [5.41, 5.74) is 0.914. The number of carbonyl (C=O) groups is 3. The standard InChI is InChI=1S/C18H19N3O6/c1-11(22)20-12-6-7-15(25-2)14(9-12)21-16(23)10-27-18(24)13-5-4-8-19-17(13)26-3/h4-9H,10H2,1-3H3,(H,20,22)(H,21,23). The molecule has 9 nitrogen and oxygen atoms in total. The topological polar surface area (TPSA) is 116 Å². The summed E-state index contributed by atoms with van der Waals surface area (Å²) in [5, 5.41) is 5.17. The molecule has 0 spiro atoms. The summed E-state index contributed by atoms with van der Waals surface area (Å²) < 4.78 is 15.1. The van der Waals surface area contributed by atoms with Crippen LogP contribution < -0.4 is 20.1 Å². The fourth-order valence-corrected chi connectivity index (χ4v) is 2.19. The average Bonchev–Trinajstić information content (AvgIpc) is 2.65. The third-order valence-corrected chi connectivity index (χ3v) is 3.31. The zero-order chi connectivity index (χ0) is 19.8. The summed E-state index contributed by atoms with van der Waals surface area (Å²) >= 11 is 0. The highest BCUT2D eigenvalue weighted by Gasteiger charge is 2.16. The van der Waals surface area contributed by atoms with Crippen LogP contribution in [-0.4, -0.2) is 43.6 Å². The third-order valence-electron chi connectivity index (χ3n) is 3.31. The monoisotopic (exact) mass is 373 g/mol. The molecule has 2 rings (SSSR count). The Morgan fingerprint density at radius 3 is 2.52 bits per heavy atom. The first kappa shape index (κ1) is 19.7. The van der Waals surface area contributed by atoms with E-state index >= 15 is 0 Å². The highest BCUT2D eigenvalue weighted by atomic mass is 16.5. The lowest BCUT2D eigenvalue weighted by Gasteiger charge is -2.13. The summed E-state index contributed by atoms with van der Waals surface area (Å²) in [7, 11) is 2.82. The molecule has 0 aliphatic heterocycles. The second-order valence-corrected chi connectivity index (χ2v) is 5.28. The molecule has 1 aromatic carbocycles. The van der Waals surface area contributed by atoms with Crippen LogP contribution in [0.3, 0.4) is 0 Å². The van der Waals surface area contributed by atoms with Crippen LogP contribution in [-0.2, 0) is 14.3 Å². The molecule has 0 radical (unpaired) electrons. The van der Waals surface area contributed by atoms with Crippen LogP contribution in [0.25, 0.3) is 0 Å². The van der Waals surface area contributed by atoms with Crippen LogP contribution in [0.5, 0.6) is 11.6 Å². The lowest BCUT2D eigenvalue weighted by atomic mass is 10.2. The Hall–Kier alpha value is -3.62. The number of anilines is 2. The van der Waals surface area contributed by atoms with E-state index in [4.69, 9.17) is 14.2 Å². The molecule has 1 heterocycles. The number of ether oxygens (including phenoxy) is 3. The Morgan fingerprint density at radius 1 is 1.07 bits per heavy atom. The number of benzene rings is 1. The molecule has 0 fully saturated rings. The number of aromatic nitrogens is 1. The maximum Gasteiger partial charge on any atom is 0.344 e. The maximum atomic E-state index is 12.1. The molecule has 27 heavy (non-hydrogen) atoms. The van der Waals surface area contributed by atoms with Crippen molar-refractivity contribution in [3.63, 3.8) is 0 Å². The predicted molar refractivity (Wildman–Crippen MR) is 97.0 cm³/mol. The zero-order valence-corrected chi connectivity index (χ0v) is 15.1. The van der Waals surface area contributed by atoms with E-state index < -0.39 is 18.5 Å². The summed E-state index contributed by atoms with van der Waals surface area (Å²) in [6, 6.07) is 7.78. The van der Waals surface area contributed by atoms with Gasteiger partial charge >= 0.3 is 5.97 Å². The quantitative estimate of drug-likeness (QED) is 0.712. The van der Waals surface area contributed by atoms with Gasteiger partial charge in [-0.3, -0.25) is 9.59 Å². The van der Waals surface area contributed by atoms with Crippen molar-refractivity contribution in [3.8, 4) is 11.6 Å². The zero-order valence-electron chi connectivity index (χ0n) is 15.1. The van der Waals surface area contributed by atoms with Gasteiger partial charge in [0.15, 0.2) is 6.61 Å². The average molecular weight is 373 g/mol. The molecular weight excluding hydrogens is 354 g/mol. The maximum absolute atomic E-state index is 12.1. The molecule has 2 N–H and O–H groups in total. The Morgan fingerprint density at radius 2 is 1.85 bits per heavy atom. The molecule has 0 saturated carbocycles. The van der Waals surface area contributed by atoms with Crippen LogP contribution >= 0.6 is 0 Å². The van der Waals surface area contributed by atoms with Gasteiger partial charge < -0.3 is 24.8 Å². The Bertz CT molecular complexity index is 853. The smallest absolute Gasteiger partial charge is 0.344 e. The number of nitrogens with one attached hydrogen (secondary N) is 2. The predicted octanol–water partition coefficient (Wildman–Crippen LogP) is 1.85. The van der Waals surface area contributed by atoms with Crippen LogP contribution in [0.2, 0.25) is 0 Å². The Labute approximate surface area is 155 Å². The molecule has 0 aliphatic carbocycles. The molecule has 0 atom stereocenters. The Balaban J connectivity index is 2.03. The minimum absolute atomic E-state index is 0.104. The van der Waals surface area contributed by atoms with E-state index in [0.29, 0.717) is 17.1 Å². The largest absolute Gasteiger partial charge is 0.495 e. The van der Waals surface area contributed by atoms with Gasteiger partial charge in [-0.25, -0.2) is 9.78 Å². The van der Waals surface area contributed by atoms with Gasteiger partial charge in [0.05, 0.1) is 19.9 Å². The molecule has 0 unspecified atom stereocenters. The summed E-state index contributed by atoms with van der Waals surface area (Å²) in [5.74, 6) is -1.08. The first-order valence-corrected chi connectivity index (χ1v) is 7.86. The molecule has 9 heteroatoms. The van der Waals surface area contributed by atoms with E-state index in [-0.39, 0.29) is 17.4 Å². The number of pyridine rings is 1. The normalized spacial score (nSPS) is 9.89. The third kappa shape index (κ3) is 5.43. The molecule has 2 aromatic rings. The molecule has 0 bridgehead atoms. The first-order chi connectivity index (χ1) is 12.9. The fourth-order valence-electron chi connectivity index (χ4n) is 2.19. The lowest BCUT2D eigenvalue weighted by Crippen LogP contribution is -2.21. The highest BCUT2D eigenvalue weighted by Crippen LogP contribution is 2.27. The number of nitrogens with zero attached hydrogens (tertiary/aromatic N) is 1. The minimum atomic E-state index is -0.742. The van der Waals surface area contributed by atoms with Crippen LogP contribution in [0.15, 0.2) is 36.5 Å². The fraction of sp³-hybridized carbons (Fsp3) is 0.222. The van der Waals surface area contributed by atoms with E-state index in [0.717, 1.165) is 0 Å². The molecular formula is C18H19N3O6. The molecule has 0 aliphatic rings. The first-order valence-electron chi connectivity index (χ1n) is 7.86. The highest BCUT2D eigenvalue weighted by molar-refractivity contribution is 5.98. The van der Waals surface area contributed by atoms with Crippen molar-refractivity contribution in [2.75, 3.05) is 31.5 Å². The van der Waals surface area contributed by atoms with Crippen molar-refractivity contribution in [1.29, 1.82) is 0 Å². The molecule has 1 aromatic heterocycles. The summed E-state index contributed by atoms with van der Waals surface area (Å²) in [6.45, 7) is 0.846. The number of esters is 1. The van der Waals surface area contributed by atoms with Crippen molar-refractivity contribution >= 4 is 29.2 Å². The second-order valence-electron chi connectivity index (χ2n) is 5.28. The number of hydrogen-bond donors (Lipinski definition) is 2. The van der Waals surface area contributed by atoms with Gasteiger partial charge in [0.1, 0.15) is 11.3 Å². The summed E-state index contributed by atoms with van der Waals surface area (Å²) in [4.78, 5) is 39.3. The number of carbonyl (C=O) groups excluding carboxylic acids is 3.